The van der Waals surface area contributed by atoms with E-state index in [4.69, 9.17) is 0 Å². The fourth-order valence-electron chi connectivity index (χ4n) is 1.43. The molecule has 1 fully saturated rings. The molecule has 1 aromatic carbocycles. The highest BCUT2D eigenvalue weighted by atomic mass is 79.9. The molecule has 0 saturated heterocycles. The molecule has 58 valence electrons. The Morgan fingerprint density at radius 2 is 1.91 bits per heavy atom. The lowest BCUT2D eigenvalue weighted by Gasteiger charge is -2.07. The van der Waals surface area contributed by atoms with Crippen LogP contribution in [-0.2, 0) is 5.41 Å². The molecule has 1 aromatic rings. The van der Waals surface area contributed by atoms with Crippen molar-refractivity contribution in [2.24, 2.45) is 0 Å². The van der Waals surface area contributed by atoms with E-state index in [-0.39, 0.29) is 0 Å². The lowest BCUT2D eigenvalue weighted by Crippen LogP contribution is -2.02. The normalized spacial score (nSPS) is 35.3. The second kappa shape index (κ2) is 2.34. The summed E-state index contributed by atoms with van der Waals surface area (Å²) in [5.74, 6) is 0. The molecule has 0 radical (unpaired) electrons. The summed E-state index contributed by atoms with van der Waals surface area (Å²) in [7, 11) is 0. The number of alkyl halides is 1. The molecule has 0 heterocycles. The second-order valence-corrected chi connectivity index (χ2v) is 4.56. The summed E-state index contributed by atoms with van der Waals surface area (Å²) in [5, 5.41) is 0. The highest BCUT2D eigenvalue weighted by molar-refractivity contribution is 9.09. The smallest absolute Gasteiger partial charge is 0.0249 e. The molecule has 0 spiro atoms. The molecule has 0 amide bonds. The molecule has 0 unspecified atom stereocenters. The average molecular weight is 211 g/mol. The van der Waals surface area contributed by atoms with Gasteiger partial charge in [-0.3, -0.25) is 0 Å². The summed E-state index contributed by atoms with van der Waals surface area (Å²) in [5.41, 5.74) is 1.88. The van der Waals surface area contributed by atoms with Crippen molar-refractivity contribution in [2.45, 2.75) is 23.6 Å². The minimum absolute atomic E-state index is 0.418. The van der Waals surface area contributed by atoms with E-state index in [9.17, 15) is 0 Å². The number of hydrogen-bond acceptors (Lipinski definition) is 0. The monoisotopic (exact) mass is 210 g/mol. The zero-order chi connectivity index (χ0) is 7.90. The van der Waals surface area contributed by atoms with Gasteiger partial charge in [0, 0.05) is 10.2 Å². The summed E-state index contributed by atoms with van der Waals surface area (Å²) in [4.78, 5) is 0.692. The Bertz CT molecular complexity index is 255. The average Bonchev–Trinajstić information content (AvgIpc) is 2.64. The van der Waals surface area contributed by atoms with Gasteiger partial charge in [-0.1, -0.05) is 53.2 Å². The summed E-state index contributed by atoms with van der Waals surface area (Å²) in [6.07, 6.45) is 1.27. The first-order chi connectivity index (χ1) is 5.23. The largest absolute Gasteiger partial charge is 0.0881 e. The van der Waals surface area contributed by atoms with E-state index < -0.39 is 0 Å². The lowest BCUT2D eigenvalue weighted by molar-refractivity contribution is 0.795. The SMILES string of the molecule is C[C@@]1(c2ccccc2)C[C@@H]1Br. The number of benzene rings is 1. The van der Waals surface area contributed by atoms with Crippen LogP contribution in [0, 0.1) is 0 Å². The quantitative estimate of drug-likeness (QED) is 0.626. The van der Waals surface area contributed by atoms with Crippen molar-refractivity contribution in [2.75, 3.05) is 0 Å². The van der Waals surface area contributed by atoms with Crippen molar-refractivity contribution in [1.29, 1.82) is 0 Å². The van der Waals surface area contributed by atoms with Crippen molar-refractivity contribution in [3.8, 4) is 0 Å². The van der Waals surface area contributed by atoms with E-state index in [1.165, 1.54) is 12.0 Å². The zero-order valence-corrected chi connectivity index (χ0v) is 8.14. The summed E-state index contributed by atoms with van der Waals surface area (Å²) < 4.78 is 0. The Morgan fingerprint density at radius 1 is 1.36 bits per heavy atom. The fraction of sp³-hybridized carbons (Fsp3) is 0.400. The zero-order valence-electron chi connectivity index (χ0n) is 6.55. The van der Waals surface area contributed by atoms with E-state index >= 15 is 0 Å². The molecule has 1 aliphatic carbocycles. The number of hydrogen-bond donors (Lipinski definition) is 0. The van der Waals surface area contributed by atoms with Gasteiger partial charge in [0.1, 0.15) is 0 Å². The van der Waals surface area contributed by atoms with Crippen LogP contribution in [0.2, 0.25) is 0 Å². The molecule has 0 bridgehead atoms. The van der Waals surface area contributed by atoms with Crippen LogP contribution in [0.5, 0.6) is 0 Å². The summed E-state index contributed by atoms with van der Waals surface area (Å²) >= 11 is 3.64. The first-order valence-corrected chi connectivity index (χ1v) is 4.85. The topological polar surface area (TPSA) is 0 Å². The third kappa shape index (κ3) is 1.12. The van der Waals surface area contributed by atoms with Crippen LogP contribution in [0.4, 0.5) is 0 Å². The van der Waals surface area contributed by atoms with Crippen LogP contribution in [0.1, 0.15) is 18.9 Å². The predicted octanol–water partition coefficient (Wildman–Crippen LogP) is 3.11. The highest BCUT2D eigenvalue weighted by Crippen LogP contribution is 2.52. The third-order valence-electron chi connectivity index (χ3n) is 2.57. The van der Waals surface area contributed by atoms with Crippen LogP contribution in [0.3, 0.4) is 0 Å². The first-order valence-electron chi connectivity index (χ1n) is 3.93. The number of rotatable bonds is 1. The van der Waals surface area contributed by atoms with E-state index in [0.717, 1.165) is 0 Å². The molecular formula is C10H11Br. The summed E-state index contributed by atoms with van der Waals surface area (Å²) in [6.45, 7) is 2.31. The molecule has 1 saturated carbocycles. The standard InChI is InChI=1S/C10H11Br/c1-10(7-9(10)11)8-5-3-2-4-6-8/h2-6,9H,7H2,1H3/t9-,10-/m0/s1. The maximum Gasteiger partial charge on any atom is 0.0249 e. The van der Waals surface area contributed by atoms with Gasteiger partial charge in [0.25, 0.3) is 0 Å². The minimum Gasteiger partial charge on any atom is -0.0881 e. The van der Waals surface area contributed by atoms with Gasteiger partial charge in [-0.25, -0.2) is 0 Å². The van der Waals surface area contributed by atoms with Crippen LogP contribution >= 0.6 is 15.9 Å². The van der Waals surface area contributed by atoms with E-state index in [1.54, 1.807) is 0 Å². The molecule has 1 heteroatoms. The maximum absolute atomic E-state index is 3.64. The van der Waals surface area contributed by atoms with Crippen LogP contribution in [0.25, 0.3) is 0 Å². The van der Waals surface area contributed by atoms with Crippen molar-refractivity contribution >= 4 is 15.9 Å². The van der Waals surface area contributed by atoms with Crippen molar-refractivity contribution in [3.05, 3.63) is 35.9 Å². The molecule has 0 N–H and O–H groups in total. The fourth-order valence-corrected chi connectivity index (χ4v) is 2.37. The minimum atomic E-state index is 0.418. The van der Waals surface area contributed by atoms with Gasteiger partial charge in [-0.05, 0) is 12.0 Å². The predicted molar refractivity (Wildman–Crippen MR) is 51.1 cm³/mol. The van der Waals surface area contributed by atoms with E-state index in [2.05, 4.69) is 53.2 Å². The molecular weight excluding hydrogens is 200 g/mol. The number of halogens is 1. The molecule has 0 aliphatic heterocycles. The van der Waals surface area contributed by atoms with Gasteiger partial charge >= 0.3 is 0 Å². The van der Waals surface area contributed by atoms with Gasteiger partial charge in [-0.15, -0.1) is 0 Å². The molecule has 0 nitrogen and oxygen atoms in total. The highest BCUT2D eigenvalue weighted by Gasteiger charge is 2.49. The van der Waals surface area contributed by atoms with Crippen molar-refractivity contribution in [1.82, 2.24) is 0 Å². The van der Waals surface area contributed by atoms with Crippen molar-refractivity contribution in [3.63, 3.8) is 0 Å². The van der Waals surface area contributed by atoms with Gasteiger partial charge < -0.3 is 0 Å². The van der Waals surface area contributed by atoms with E-state index in [0.29, 0.717) is 10.2 Å². The molecule has 11 heavy (non-hydrogen) atoms. The maximum atomic E-state index is 3.64. The van der Waals surface area contributed by atoms with E-state index in [1.807, 2.05) is 0 Å². The lowest BCUT2D eigenvalue weighted by atomic mass is 9.99. The first kappa shape index (κ1) is 7.35. The van der Waals surface area contributed by atoms with Gasteiger partial charge in [0.2, 0.25) is 0 Å². The van der Waals surface area contributed by atoms with Crippen molar-refractivity contribution < 1.29 is 0 Å². The van der Waals surface area contributed by atoms with Crippen LogP contribution in [0.15, 0.2) is 30.3 Å². The Hall–Kier alpha value is -0.300. The molecule has 2 rings (SSSR count). The third-order valence-corrected chi connectivity index (χ3v) is 3.90. The Labute approximate surface area is 75.8 Å². The Morgan fingerprint density at radius 3 is 2.36 bits per heavy atom. The second-order valence-electron chi connectivity index (χ2n) is 3.46. The molecule has 1 aliphatic rings. The Balaban J connectivity index is 2.32. The van der Waals surface area contributed by atoms with Crippen LogP contribution < -0.4 is 0 Å². The van der Waals surface area contributed by atoms with Crippen LogP contribution in [-0.4, -0.2) is 4.83 Å². The Kier molecular flexibility index (Phi) is 1.57. The van der Waals surface area contributed by atoms with Gasteiger partial charge in [-0.2, -0.15) is 0 Å². The van der Waals surface area contributed by atoms with Gasteiger partial charge in [0.05, 0.1) is 0 Å². The van der Waals surface area contributed by atoms with Gasteiger partial charge in [0.15, 0.2) is 0 Å². The molecule has 2 atom stereocenters. The molecule has 0 aromatic heterocycles. The summed E-state index contributed by atoms with van der Waals surface area (Å²) in [6, 6.07) is 10.7.